The number of rotatable bonds is 1. The van der Waals surface area contributed by atoms with Gasteiger partial charge in [-0.3, -0.25) is 0 Å². The third kappa shape index (κ3) is 2.86. The Morgan fingerprint density at radius 3 is 2.87 bits per heavy atom. The Balaban J connectivity index is 2.22. The maximum Gasteiger partial charge on any atom is 0.245 e. The van der Waals surface area contributed by atoms with Crippen LogP contribution in [-0.2, 0) is 0 Å². The van der Waals surface area contributed by atoms with E-state index < -0.39 is 0 Å². The largest absolute Gasteiger partial charge is 0.353 e. The van der Waals surface area contributed by atoms with Crippen molar-refractivity contribution in [1.82, 2.24) is 15.2 Å². The number of thioether (sulfide) groups is 1. The van der Waals surface area contributed by atoms with Crippen LogP contribution in [0.5, 0.6) is 0 Å². The lowest BCUT2D eigenvalue weighted by molar-refractivity contribution is 0.788. The number of anilines is 1. The van der Waals surface area contributed by atoms with Crippen molar-refractivity contribution in [2.45, 2.75) is 6.42 Å². The monoisotopic (exact) mass is 264 g/mol. The summed E-state index contributed by atoms with van der Waals surface area (Å²) in [5.41, 5.74) is 0. The number of hydrogen-bond acceptors (Lipinski definition) is 5. The van der Waals surface area contributed by atoms with Crippen molar-refractivity contribution >= 4 is 40.8 Å². The Kier molecular flexibility index (Phi) is 3.88. The molecule has 15 heavy (non-hydrogen) atoms. The van der Waals surface area contributed by atoms with E-state index in [4.69, 9.17) is 23.2 Å². The van der Waals surface area contributed by atoms with Gasteiger partial charge in [0.15, 0.2) is 11.0 Å². The molecule has 1 aliphatic heterocycles. The van der Waals surface area contributed by atoms with Gasteiger partial charge in [-0.25, -0.2) is 0 Å². The number of hydrogen-bond donors (Lipinski definition) is 0. The van der Waals surface area contributed by atoms with E-state index in [0.717, 1.165) is 25.3 Å². The summed E-state index contributed by atoms with van der Waals surface area (Å²) >= 11 is 13.6. The average Bonchev–Trinajstić information content (AvgIpc) is 2.50. The summed E-state index contributed by atoms with van der Waals surface area (Å²) in [4.78, 5) is 6.23. The Bertz CT molecular complexity index is 341. The second-order valence-electron chi connectivity index (χ2n) is 3.15. The van der Waals surface area contributed by atoms with Crippen molar-refractivity contribution in [3.63, 3.8) is 0 Å². The Morgan fingerprint density at radius 2 is 2.00 bits per heavy atom. The highest BCUT2D eigenvalue weighted by Gasteiger charge is 2.16. The summed E-state index contributed by atoms with van der Waals surface area (Å²) in [6, 6.07) is 0. The molecule has 0 bridgehead atoms. The molecule has 2 heterocycles. The number of aromatic nitrogens is 3. The molecule has 0 N–H and O–H groups in total. The maximum atomic E-state index is 5.94. The van der Waals surface area contributed by atoms with Gasteiger partial charge in [-0.2, -0.15) is 16.7 Å². The highest BCUT2D eigenvalue weighted by atomic mass is 35.5. The van der Waals surface area contributed by atoms with Crippen molar-refractivity contribution in [2.75, 3.05) is 29.5 Å². The van der Waals surface area contributed by atoms with Crippen LogP contribution in [0.3, 0.4) is 0 Å². The lowest BCUT2D eigenvalue weighted by Gasteiger charge is -2.20. The van der Waals surface area contributed by atoms with Gasteiger partial charge in [-0.15, -0.1) is 10.2 Å². The second-order valence-corrected chi connectivity index (χ2v) is 5.07. The highest BCUT2D eigenvalue weighted by Crippen LogP contribution is 2.23. The molecule has 0 amide bonds. The molecule has 0 spiro atoms. The maximum absolute atomic E-state index is 5.94. The topological polar surface area (TPSA) is 41.9 Å². The summed E-state index contributed by atoms with van der Waals surface area (Å²) in [6.07, 6.45) is 1.13. The molecule has 7 heteroatoms. The smallest absolute Gasteiger partial charge is 0.245 e. The first-order valence-electron chi connectivity index (χ1n) is 4.66. The standard InChI is InChI=1S/C8H10Cl2N4S/c9-6-7(11-8(10)13-12-6)14-2-1-4-15-5-3-14/h1-5H2. The van der Waals surface area contributed by atoms with Crippen LogP contribution < -0.4 is 4.90 Å². The van der Waals surface area contributed by atoms with Gasteiger partial charge < -0.3 is 4.90 Å². The minimum absolute atomic E-state index is 0.145. The normalized spacial score (nSPS) is 17.6. The Labute approximate surface area is 102 Å². The summed E-state index contributed by atoms with van der Waals surface area (Å²) in [6.45, 7) is 1.88. The minimum Gasteiger partial charge on any atom is -0.353 e. The van der Waals surface area contributed by atoms with Gasteiger partial charge in [-0.1, -0.05) is 11.6 Å². The summed E-state index contributed by atoms with van der Waals surface area (Å²) < 4.78 is 0. The van der Waals surface area contributed by atoms with Gasteiger partial charge in [0.2, 0.25) is 5.28 Å². The fourth-order valence-corrected chi connectivity index (χ4v) is 2.65. The van der Waals surface area contributed by atoms with Gasteiger partial charge in [0.1, 0.15) is 0 Å². The van der Waals surface area contributed by atoms with E-state index in [1.54, 1.807) is 0 Å². The molecular weight excluding hydrogens is 255 g/mol. The third-order valence-corrected chi connectivity index (χ3v) is 3.58. The first-order valence-corrected chi connectivity index (χ1v) is 6.57. The molecule has 1 aromatic heterocycles. The fourth-order valence-electron chi connectivity index (χ4n) is 1.44. The van der Waals surface area contributed by atoms with Crippen molar-refractivity contribution in [2.24, 2.45) is 0 Å². The van der Waals surface area contributed by atoms with Crippen molar-refractivity contribution in [1.29, 1.82) is 0 Å². The van der Waals surface area contributed by atoms with Gasteiger partial charge in [0.05, 0.1) is 0 Å². The van der Waals surface area contributed by atoms with Gasteiger partial charge in [0.25, 0.3) is 0 Å². The molecule has 0 aliphatic carbocycles. The minimum atomic E-state index is 0.145. The molecule has 4 nitrogen and oxygen atoms in total. The van der Waals surface area contributed by atoms with Crippen molar-refractivity contribution in [3.05, 3.63) is 10.4 Å². The van der Waals surface area contributed by atoms with Crippen LogP contribution in [0.1, 0.15) is 6.42 Å². The predicted molar refractivity (Wildman–Crippen MR) is 64.0 cm³/mol. The molecular formula is C8H10Cl2N4S. The first kappa shape index (κ1) is 11.2. The van der Waals surface area contributed by atoms with E-state index in [-0.39, 0.29) is 5.28 Å². The zero-order chi connectivity index (χ0) is 10.7. The molecule has 0 saturated carbocycles. The van der Waals surface area contributed by atoms with E-state index in [1.165, 1.54) is 5.75 Å². The third-order valence-electron chi connectivity index (χ3n) is 2.12. The van der Waals surface area contributed by atoms with Gasteiger partial charge >= 0.3 is 0 Å². The van der Waals surface area contributed by atoms with E-state index in [0.29, 0.717) is 11.0 Å². The van der Waals surface area contributed by atoms with Crippen LogP contribution in [0, 0.1) is 0 Å². The fraction of sp³-hybridized carbons (Fsp3) is 0.625. The highest BCUT2D eigenvalue weighted by molar-refractivity contribution is 7.99. The number of nitrogens with zero attached hydrogens (tertiary/aromatic N) is 4. The van der Waals surface area contributed by atoms with Gasteiger partial charge in [-0.05, 0) is 23.8 Å². The second kappa shape index (κ2) is 5.18. The average molecular weight is 265 g/mol. The summed E-state index contributed by atoms with van der Waals surface area (Å²) in [7, 11) is 0. The van der Waals surface area contributed by atoms with Crippen LogP contribution in [-0.4, -0.2) is 39.8 Å². The van der Waals surface area contributed by atoms with Crippen LogP contribution in [0.2, 0.25) is 10.4 Å². The molecule has 0 unspecified atom stereocenters. The lowest BCUT2D eigenvalue weighted by Crippen LogP contribution is -2.27. The van der Waals surface area contributed by atoms with Crippen LogP contribution >= 0.6 is 35.0 Å². The van der Waals surface area contributed by atoms with E-state index in [9.17, 15) is 0 Å². The van der Waals surface area contributed by atoms with Crippen molar-refractivity contribution in [3.8, 4) is 0 Å². The number of halogens is 2. The van der Waals surface area contributed by atoms with E-state index in [2.05, 4.69) is 20.1 Å². The molecule has 0 radical (unpaired) electrons. The van der Waals surface area contributed by atoms with Crippen LogP contribution in [0.25, 0.3) is 0 Å². The van der Waals surface area contributed by atoms with Crippen LogP contribution in [0.4, 0.5) is 5.82 Å². The predicted octanol–water partition coefficient (Wildman–Crippen LogP) is 2.12. The molecule has 82 valence electrons. The molecule has 1 fully saturated rings. The summed E-state index contributed by atoms with van der Waals surface area (Å²) in [5, 5.41) is 7.83. The molecule has 1 aliphatic rings. The molecule has 0 aromatic carbocycles. The van der Waals surface area contributed by atoms with Crippen LogP contribution in [0.15, 0.2) is 0 Å². The molecule has 0 atom stereocenters. The van der Waals surface area contributed by atoms with Crippen molar-refractivity contribution < 1.29 is 0 Å². The molecule has 2 rings (SSSR count). The van der Waals surface area contributed by atoms with E-state index in [1.807, 2.05) is 11.8 Å². The molecule has 1 saturated heterocycles. The summed E-state index contributed by atoms with van der Waals surface area (Å²) in [5.74, 6) is 2.91. The first-order chi connectivity index (χ1) is 7.27. The Morgan fingerprint density at radius 1 is 1.13 bits per heavy atom. The lowest BCUT2D eigenvalue weighted by atomic mass is 10.4. The zero-order valence-electron chi connectivity index (χ0n) is 7.99. The molecule has 1 aromatic rings. The SMILES string of the molecule is Clc1nnc(Cl)c(N2CCCSCC2)n1. The van der Waals surface area contributed by atoms with Gasteiger partial charge in [0, 0.05) is 18.8 Å². The zero-order valence-corrected chi connectivity index (χ0v) is 10.3. The quantitative estimate of drug-likeness (QED) is 0.778. The van der Waals surface area contributed by atoms with E-state index >= 15 is 0 Å². The Hall–Kier alpha value is -0.260.